The van der Waals surface area contributed by atoms with E-state index < -0.39 is 0 Å². The molecule has 3 heteroatoms. The summed E-state index contributed by atoms with van der Waals surface area (Å²) in [6, 6.07) is 5.04. The molecule has 0 bridgehead atoms. The minimum Gasteiger partial charge on any atom is -0.371 e. The first kappa shape index (κ1) is 13.1. The minimum atomic E-state index is -0.241. The number of benzene rings is 1. The van der Waals surface area contributed by atoms with Crippen LogP contribution in [0.3, 0.4) is 0 Å². The summed E-state index contributed by atoms with van der Waals surface area (Å²) in [6.45, 7) is 6.71. The van der Waals surface area contributed by atoms with Gasteiger partial charge >= 0.3 is 0 Å². The van der Waals surface area contributed by atoms with Gasteiger partial charge in [-0.1, -0.05) is 19.1 Å². The fourth-order valence-electron chi connectivity index (χ4n) is 1.21. The van der Waals surface area contributed by atoms with Crippen molar-refractivity contribution < 1.29 is 9.13 Å². The van der Waals surface area contributed by atoms with Gasteiger partial charge in [-0.3, -0.25) is 0 Å². The zero-order valence-corrected chi connectivity index (χ0v) is 10.2. The molecule has 0 heterocycles. The van der Waals surface area contributed by atoms with Crippen molar-refractivity contribution in [2.24, 2.45) is 5.73 Å². The first-order valence-corrected chi connectivity index (χ1v) is 5.60. The SMILES string of the molecule is CCC(C)(C)OCc1ccc(CN)cc1F. The second-order valence-electron chi connectivity index (χ2n) is 4.53. The Labute approximate surface area is 96.6 Å². The predicted molar refractivity (Wildman–Crippen MR) is 63.5 cm³/mol. The molecule has 0 unspecified atom stereocenters. The summed E-state index contributed by atoms with van der Waals surface area (Å²) in [5.41, 5.74) is 6.61. The van der Waals surface area contributed by atoms with E-state index >= 15 is 0 Å². The van der Waals surface area contributed by atoms with Gasteiger partial charge < -0.3 is 10.5 Å². The van der Waals surface area contributed by atoms with Crippen molar-refractivity contribution in [3.8, 4) is 0 Å². The van der Waals surface area contributed by atoms with Crippen LogP contribution in [-0.4, -0.2) is 5.60 Å². The van der Waals surface area contributed by atoms with Crippen LogP contribution in [0.4, 0.5) is 4.39 Å². The van der Waals surface area contributed by atoms with Crippen LogP contribution in [-0.2, 0) is 17.9 Å². The van der Waals surface area contributed by atoms with Gasteiger partial charge in [-0.25, -0.2) is 4.39 Å². The smallest absolute Gasteiger partial charge is 0.129 e. The fraction of sp³-hybridized carbons (Fsp3) is 0.538. The highest BCUT2D eigenvalue weighted by atomic mass is 19.1. The third kappa shape index (κ3) is 3.58. The molecule has 1 rings (SSSR count). The molecule has 1 aromatic carbocycles. The maximum absolute atomic E-state index is 13.6. The molecule has 0 amide bonds. The lowest BCUT2D eigenvalue weighted by Crippen LogP contribution is -2.23. The molecule has 2 nitrogen and oxygen atoms in total. The Kier molecular flexibility index (Phi) is 4.44. The quantitative estimate of drug-likeness (QED) is 0.836. The van der Waals surface area contributed by atoms with E-state index in [0.717, 1.165) is 12.0 Å². The maximum atomic E-state index is 13.6. The molecule has 0 aromatic heterocycles. The van der Waals surface area contributed by atoms with Gasteiger partial charge in [-0.2, -0.15) is 0 Å². The summed E-state index contributed by atoms with van der Waals surface area (Å²) in [4.78, 5) is 0. The van der Waals surface area contributed by atoms with E-state index in [1.54, 1.807) is 6.07 Å². The predicted octanol–water partition coefficient (Wildman–Crippen LogP) is 2.99. The summed E-state index contributed by atoms with van der Waals surface area (Å²) in [5, 5.41) is 0. The fourth-order valence-corrected chi connectivity index (χ4v) is 1.21. The zero-order valence-electron chi connectivity index (χ0n) is 10.2. The Morgan fingerprint density at radius 2 is 2.06 bits per heavy atom. The zero-order chi connectivity index (χ0) is 12.2. The number of hydrogen-bond donors (Lipinski definition) is 1. The van der Waals surface area contributed by atoms with E-state index in [9.17, 15) is 4.39 Å². The second-order valence-corrected chi connectivity index (χ2v) is 4.53. The van der Waals surface area contributed by atoms with Gasteiger partial charge in [0.2, 0.25) is 0 Å². The number of halogens is 1. The average Bonchev–Trinajstić information content (AvgIpc) is 2.27. The standard InChI is InChI=1S/C13H20FNO/c1-4-13(2,3)16-9-11-6-5-10(8-15)7-12(11)14/h5-7H,4,8-9,15H2,1-3H3. The van der Waals surface area contributed by atoms with Crippen molar-refractivity contribution >= 4 is 0 Å². The van der Waals surface area contributed by atoms with Gasteiger partial charge in [0.05, 0.1) is 12.2 Å². The Morgan fingerprint density at radius 1 is 1.38 bits per heavy atom. The lowest BCUT2D eigenvalue weighted by atomic mass is 10.1. The van der Waals surface area contributed by atoms with Crippen LogP contribution in [0.2, 0.25) is 0 Å². The first-order chi connectivity index (χ1) is 7.48. The third-order valence-corrected chi connectivity index (χ3v) is 2.82. The molecule has 16 heavy (non-hydrogen) atoms. The number of nitrogens with two attached hydrogens (primary N) is 1. The molecule has 0 saturated heterocycles. The molecule has 2 N–H and O–H groups in total. The van der Waals surface area contributed by atoms with E-state index in [-0.39, 0.29) is 11.4 Å². The van der Waals surface area contributed by atoms with Crippen molar-refractivity contribution in [2.75, 3.05) is 0 Å². The van der Waals surface area contributed by atoms with Crippen molar-refractivity contribution in [1.29, 1.82) is 0 Å². The van der Waals surface area contributed by atoms with E-state index in [0.29, 0.717) is 18.7 Å². The second kappa shape index (κ2) is 5.41. The molecule has 0 atom stereocenters. The van der Waals surface area contributed by atoms with E-state index in [1.807, 2.05) is 26.8 Å². The first-order valence-electron chi connectivity index (χ1n) is 5.60. The van der Waals surface area contributed by atoms with Gasteiger partial charge in [-0.05, 0) is 31.9 Å². The van der Waals surface area contributed by atoms with Crippen LogP contribution >= 0.6 is 0 Å². The average molecular weight is 225 g/mol. The van der Waals surface area contributed by atoms with Crippen LogP contribution in [0, 0.1) is 5.82 Å². The highest BCUT2D eigenvalue weighted by molar-refractivity contribution is 5.23. The van der Waals surface area contributed by atoms with Crippen LogP contribution in [0.5, 0.6) is 0 Å². The number of hydrogen-bond acceptors (Lipinski definition) is 2. The maximum Gasteiger partial charge on any atom is 0.129 e. The van der Waals surface area contributed by atoms with Crippen molar-refractivity contribution in [2.45, 2.75) is 45.9 Å². The molecule has 0 fully saturated rings. The molecule has 0 aliphatic carbocycles. The normalized spacial score (nSPS) is 11.8. The van der Waals surface area contributed by atoms with Crippen molar-refractivity contribution in [3.63, 3.8) is 0 Å². The third-order valence-electron chi connectivity index (χ3n) is 2.82. The van der Waals surface area contributed by atoms with Gasteiger partial charge in [0.1, 0.15) is 5.82 Å². The Morgan fingerprint density at radius 3 is 2.56 bits per heavy atom. The Balaban J connectivity index is 2.68. The molecular formula is C13H20FNO. The van der Waals surface area contributed by atoms with Gasteiger partial charge in [0.15, 0.2) is 0 Å². The van der Waals surface area contributed by atoms with Crippen LogP contribution in [0.25, 0.3) is 0 Å². The van der Waals surface area contributed by atoms with Crippen LogP contribution in [0.1, 0.15) is 38.3 Å². The van der Waals surface area contributed by atoms with Crippen LogP contribution < -0.4 is 5.73 Å². The number of ether oxygens (including phenoxy) is 1. The lowest BCUT2D eigenvalue weighted by Gasteiger charge is -2.23. The monoisotopic (exact) mass is 225 g/mol. The topological polar surface area (TPSA) is 35.2 Å². The Bertz CT molecular complexity index is 350. The van der Waals surface area contributed by atoms with Gasteiger partial charge in [-0.15, -0.1) is 0 Å². The highest BCUT2D eigenvalue weighted by Gasteiger charge is 2.16. The molecule has 0 spiro atoms. The molecule has 90 valence electrons. The molecule has 0 saturated carbocycles. The van der Waals surface area contributed by atoms with E-state index in [2.05, 4.69) is 0 Å². The summed E-state index contributed by atoms with van der Waals surface area (Å²) < 4.78 is 19.2. The molecular weight excluding hydrogens is 205 g/mol. The van der Waals surface area contributed by atoms with Crippen molar-refractivity contribution in [1.82, 2.24) is 0 Å². The van der Waals surface area contributed by atoms with Gasteiger partial charge in [0, 0.05) is 12.1 Å². The summed E-state index contributed by atoms with van der Waals surface area (Å²) in [7, 11) is 0. The summed E-state index contributed by atoms with van der Waals surface area (Å²) >= 11 is 0. The minimum absolute atomic E-state index is 0.209. The van der Waals surface area contributed by atoms with Gasteiger partial charge in [0.25, 0.3) is 0 Å². The largest absolute Gasteiger partial charge is 0.371 e. The summed E-state index contributed by atoms with van der Waals surface area (Å²) in [6.07, 6.45) is 0.898. The molecule has 0 aliphatic heterocycles. The lowest BCUT2D eigenvalue weighted by molar-refractivity contribution is -0.0326. The van der Waals surface area contributed by atoms with Crippen LogP contribution in [0.15, 0.2) is 18.2 Å². The highest BCUT2D eigenvalue weighted by Crippen LogP contribution is 2.18. The van der Waals surface area contributed by atoms with E-state index in [4.69, 9.17) is 10.5 Å². The molecule has 0 aliphatic rings. The molecule has 0 radical (unpaired) electrons. The van der Waals surface area contributed by atoms with Crippen molar-refractivity contribution in [3.05, 3.63) is 35.1 Å². The van der Waals surface area contributed by atoms with E-state index in [1.165, 1.54) is 6.07 Å². The number of rotatable bonds is 5. The summed E-state index contributed by atoms with van der Waals surface area (Å²) in [5.74, 6) is -0.241. The Hall–Kier alpha value is -0.930. The molecule has 1 aromatic rings.